The van der Waals surface area contributed by atoms with Crippen LogP contribution in [-0.4, -0.2) is 25.7 Å². The van der Waals surface area contributed by atoms with Crippen LogP contribution in [0.5, 0.6) is 0 Å². The third-order valence-corrected chi connectivity index (χ3v) is 2.35. The van der Waals surface area contributed by atoms with Crippen LogP contribution >= 0.6 is 89.8 Å². The van der Waals surface area contributed by atoms with Gasteiger partial charge in [0.05, 0.1) is 0 Å². The molecular formula is C4H6Cl7O4P. The number of halogens is 7. The SMILES string of the molecule is Cl.O=P(O)(OCC(Cl)(Cl)Cl)OCC(Cl)(Cl)Cl. The molecule has 100 valence electrons. The van der Waals surface area contributed by atoms with Crippen LogP contribution in [0.1, 0.15) is 0 Å². The highest BCUT2D eigenvalue weighted by molar-refractivity contribution is 7.47. The van der Waals surface area contributed by atoms with E-state index < -0.39 is 28.6 Å². The van der Waals surface area contributed by atoms with Gasteiger partial charge in [-0.2, -0.15) is 0 Å². The maximum absolute atomic E-state index is 11.1. The van der Waals surface area contributed by atoms with Crippen molar-refractivity contribution in [2.24, 2.45) is 0 Å². The number of hydrogen-bond donors (Lipinski definition) is 1. The van der Waals surface area contributed by atoms with E-state index in [0.29, 0.717) is 0 Å². The largest absolute Gasteiger partial charge is 0.472 e. The first kappa shape index (κ1) is 20.5. The molecule has 0 bridgehead atoms. The minimum atomic E-state index is -4.39. The van der Waals surface area contributed by atoms with Crippen molar-refractivity contribution in [3.8, 4) is 0 Å². The topological polar surface area (TPSA) is 55.8 Å². The predicted molar refractivity (Wildman–Crippen MR) is 69.6 cm³/mol. The Bertz CT molecular complexity index is 226. The third kappa shape index (κ3) is 14.2. The second-order valence-electron chi connectivity index (χ2n) is 2.25. The van der Waals surface area contributed by atoms with Gasteiger partial charge in [0.1, 0.15) is 13.2 Å². The van der Waals surface area contributed by atoms with Crippen molar-refractivity contribution in [2.75, 3.05) is 13.2 Å². The molecule has 0 aliphatic rings. The molecule has 0 saturated heterocycles. The monoisotopic (exact) mass is 394 g/mol. The van der Waals surface area contributed by atoms with Crippen LogP contribution in [-0.2, 0) is 13.6 Å². The summed E-state index contributed by atoms with van der Waals surface area (Å²) < 4.78 is 16.0. The van der Waals surface area contributed by atoms with E-state index in [1.54, 1.807) is 0 Å². The van der Waals surface area contributed by atoms with Crippen LogP contribution < -0.4 is 0 Å². The number of hydrogen-bond acceptors (Lipinski definition) is 3. The fraction of sp³-hybridized carbons (Fsp3) is 1.00. The Balaban J connectivity index is 0. The Morgan fingerprint density at radius 1 is 0.938 bits per heavy atom. The van der Waals surface area contributed by atoms with E-state index in [4.69, 9.17) is 74.5 Å². The Kier molecular flexibility index (Phi) is 9.80. The normalized spacial score (nSPS) is 13.4. The van der Waals surface area contributed by atoms with Gasteiger partial charge in [-0.15, -0.1) is 12.4 Å². The van der Waals surface area contributed by atoms with Gasteiger partial charge in [0.25, 0.3) is 0 Å². The molecule has 4 nitrogen and oxygen atoms in total. The lowest BCUT2D eigenvalue weighted by Gasteiger charge is -2.17. The van der Waals surface area contributed by atoms with Gasteiger partial charge in [-0.25, -0.2) is 4.57 Å². The highest BCUT2D eigenvalue weighted by Crippen LogP contribution is 2.47. The lowest BCUT2D eigenvalue weighted by Crippen LogP contribution is -2.16. The second kappa shape index (κ2) is 7.66. The minimum Gasteiger partial charge on any atom is -0.302 e. The average molecular weight is 397 g/mol. The maximum atomic E-state index is 11.1. The molecule has 0 aromatic heterocycles. The zero-order valence-electron chi connectivity index (χ0n) is 7.21. The summed E-state index contributed by atoms with van der Waals surface area (Å²) in [5.74, 6) is 0. The van der Waals surface area contributed by atoms with Gasteiger partial charge < -0.3 is 4.89 Å². The van der Waals surface area contributed by atoms with Crippen LogP contribution in [0.2, 0.25) is 0 Å². The fourth-order valence-corrected chi connectivity index (χ4v) is 1.92. The third-order valence-electron chi connectivity index (χ3n) is 0.783. The summed E-state index contributed by atoms with van der Waals surface area (Å²) in [6, 6.07) is 0. The smallest absolute Gasteiger partial charge is 0.302 e. The first-order valence-electron chi connectivity index (χ1n) is 3.17. The van der Waals surface area contributed by atoms with E-state index in [-0.39, 0.29) is 12.4 Å². The van der Waals surface area contributed by atoms with Gasteiger partial charge in [0.15, 0.2) is 0 Å². The molecule has 0 spiro atoms. The molecule has 0 amide bonds. The van der Waals surface area contributed by atoms with Gasteiger partial charge in [0.2, 0.25) is 7.59 Å². The fourth-order valence-electron chi connectivity index (χ4n) is 0.347. The predicted octanol–water partition coefficient (Wildman–Crippen LogP) is 4.28. The van der Waals surface area contributed by atoms with Gasteiger partial charge in [0, 0.05) is 0 Å². The van der Waals surface area contributed by atoms with E-state index in [2.05, 4.69) is 9.05 Å². The summed E-state index contributed by atoms with van der Waals surface area (Å²) in [7, 11) is -4.39. The minimum absolute atomic E-state index is 0. The summed E-state index contributed by atoms with van der Waals surface area (Å²) in [4.78, 5) is 9.00. The van der Waals surface area contributed by atoms with E-state index >= 15 is 0 Å². The zero-order valence-corrected chi connectivity index (χ0v) is 13.5. The Labute approximate surface area is 128 Å². The second-order valence-corrected chi connectivity index (χ2v) is 8.73. The first-order valence-corrected chi connectivity index (χ1v) is 6.93. The molecule has 0 fully saturated rings. The van der Waals surface area contributed by atoms with Crippen LogP contribution in [0.3, 0.4) is 0 Å². The van der Waals surface area contributed by atoms with Crippen molar-refractivity contribution in [1.82, 2.24) is 0 Å². The van der Waals surface area contributed by atoms with Crippen molar-refractivity contribution in [1.29, 1.82) is 0 Å². The maximum Gasteiger partial charge on any atom is 0.472 e. The van der Waals surface area contributed by atoms with Crippen LogP contribution in [0.15, 0.2) is 0 Å². The van der Waals surface area contributed by atoms with E-state index in [1.807, 2.05) is 0 Å². The molecule has 0 unspecified atom stereocenters. The van der Waals surface area contributed by atoms with Gasteiger partial charge in [-0.1, -0.05) is 69.6 Å². The molecule has 12 heteroatoms. The standard InChI is InChI=1S/C4H5Cl6O4P.ClH/c5-3(6,7)1-13-15(11,12)14-2-4(8,9)10;/h1-2H2,(H,11,12);1H. The molecule has 0 atom stereocenters. The van der Waals surface area contributed by atoms with Crippen LogP contribution in [0.4, 0.5) is 0 Å². The first-order chi connectivity index (χ1) is 6.41. The van der Waals surface area contributed by atoms with Crippen molar-refractivity contribution in [2.45, 2.75) is 7.59 Å². The van der Waals surface area contributed by atoms with E-state index in [9.17, 15) is 4.57 Å². The lowest BCUT2D eigenvalue weighted by molar-refractivity contribution is 0.153. The van der Waals surface area contributed by atoms with E-state index in [1.165, 1.54) is 0 Å². The molecular weight excluding hydrogens is 391 g/mol. The molecule has 0 saturated carbocycles. The molecule has 0 heterocycles. The quantitative estimate of drug-likeness (QED) is 0.568. The zero-order chi connectivity index (χ0) is 12.3. The molecule has 16 heavy (non-hydrogen) atoms. The molecule has 0 radical (unpaired) electrons. The van der Waals surface area contributed by atoms with Gasteiger partial charge in [-0.3, -0.25) is 9.05 Å². The summed E-state index contributed by atoms with van der Waals surface area (Å²) in [6.07, 6.45) is 0. The molecule has 0 aromatic carbocycles. The summed E-state index contributed by atoms with van der Waals surface area (Å²) in [5.41, 5.74) is 0. The van der Waals surface area contributed by atoms with Gasteiger partial charge in [-0.05, 0) is 0 Å². The molecule has 0 aromatic rings. The highest BCUT2D eigenvalue weighted by atomic mass is 35.6. The van der Waals surface area contributed by atoms with Crippen LogP contribution in [0, 0.1) is 0 Å². The number of phosphoric ester groups is 1. The Morgan fingerprint density at radius 2 is 1.19 bits per heavy atom. The van der Waals surface area contributed by atoms with E-state index in [0.717, 1.165) is 0 Å². The molecule has 0 rings (SSSR count). The number of phosphoric acid groups is 1. The van der Waals surface area contributed by atoms with Crippen molar-refractivity contribution in [3.63, 3.8) is 0 Å². The molecule has 0 aliphatic carbocycles. The van der Waals surface area contributed by atoms with Crippen molar-refractivity contribution >= 4 is 89.8 Å². The van der Waals surface area contributed by atoms with Crippen molar-refractivity contribution < 1.29 is 18.5 Å². The molecule has 1 N–H and O–H groups in total. The summed E-state index contributed by atoms with van der Waals surface area (Å²) >= 11 is 31.6. The average Bonchev–Trinajstić information content (AvgIpc) is 1.96. The summed E-state index contributed by atoms with van der Waals surface area (Å²) in [5, 5.41) is 0. The van der Waals surface area contributed by atoms with Gasteiger partial charge >= 0.3 is 7.82 Å². The van der Waals surface area contributed by atoms with Crippen LogP contribution in [0.25, 0.3) is 0 Å². The number of rotatable bonds is 4. The Morgan fingerprint density at radius 3 is 1.38 bits per heavy atom. The van der Waals surface area contributed by atoms with Crippen molar-refractivity contribution in [3.05, 3.63) is 0 Å². The molecule has 0 aliphatic heterocycles. The highest BCUT2D eigenvalue weighted by Gasteiger charge is 2.32. The Hall–Kier alpha value is 2.14. The number of alkyl halides is 6. The summed E-state index contributed by atoms with van der Waals surface area (Å²) in [6.45, 7) is -1.27. The lowest BCUT2D eigenvalue weighted by atomic mass is 10.9.